The number of hydrogen-bond acceptors (Lipinski definition) is 5. The molecule has 0 fully saturated rings. The molecule has 0 N–H and O–H groups in total. The molecule has 9 heteroatoms. The van der Waals surface area contributed by atoms with Gasteiger partial charge in [-0.1, -0.05) is 35.9 Å². The number of rotatable bonds is 6. The van der Waals surface area contributed by atoms with E-state index in [0.29, 0.717) is 17.2 Å². The Bertz CT molecular complexity index is 1250. The Kier molecular flexibility index (Phi) is 6.41. The van der Waals surface area contributed by atoms with Gasteiger partial charge in [-0.3, -0.25) is 4.79 Å². The molecule has 0 unspecified atom stereocenters. The van der Waals surface area contributed by atoms with Crippen LogP contribution in [0.4, 0.5) is 13.2 Å². The van der Waals surface area contributed by atoms with Gasteiger partial charge >= 0.3 is 6.18 Å². The minimum atomic E-state index is -4.77. The SMILES string of the molecule is Cc1cc(C)c(Oc2nc(C(F)(F)F)ccc2C(=O)CS(=O)(=O)c2ccccc2)c(C)c1. The molecule has 32 heavy (non-hydrogen) atoms. The molecular formula is C23H20F3NO4S. The summed E-state index contributed by atoms with van der Waals surface area (Å²) >= 11 is 0. The normalized spacial score (nSPS) is 11.9. The van der Waals surface area contributed by atoms with Crippen LogP contribution in [-0.4, -0.2) is 24.9 Å². The lowest BCUT2D eigenvalue weighted by atomic mass is 10.1. The van der Waals surface area contributed by atoms with Crippen molar-refractivity contribution >= 4 is 15.6 Å². The van der Waals surface area contributed by atoms with Crippen LogP contribution in [0, 0.1) is 20.8 Å². The summed E-state index contributed by atoms with van der Waals surface area (Å²) in [7, 11) is -4.01. The van der Waals surface area contributed by atoms with Gasteiger partial charge in [0.15, 0.2) is 15.6 Å². The summed E-state index contributed by atoms with van der Waals surface area (Å²) in [6.07, 6.45) is -4.77. The van der Waals surface area contributed by atoms with E-state index in [-0.39, 0.29) is 16.2 Å². The largest absolute Gasteiger partial charge is 0.438 e. The Morgan fingerprint density at radius 3 is 2.12 bits per heavy atom. The zero-order chi connectivity index (χ0) is 23.7. The number of carbonyl (C=O) groups excluding carboxylic acids is 1. The summed E-state index contributed by atoms with van der Waals surface area (Å²) < 4.78 is 70.6. The standard InChI is InChI=1S/C23H20F3NO4S/c1-14-11-15(2)21(16(3)12-14)31-22-18(9-10-20(27-22)23(24,25)26)19(28)13-32(29,30)17-7-5-4-6-8-17/h4-12H,13H2,1-3H3. The van der Waals surface area contributed by atoms with Crippen LogP contribution in [0.1, 0.15) is 32.7 Å². The van der Waals surface area contributed by atoms with Crippen molar-refractivity contribution in [1.29, 1.82) is 0 Å². The number of hydrogen-bond donors (Lipinski definition) is 0. The van der Waals surface area contributed by atoms with Gasteiger partial charge in [-0.05, 0) is 56.2 Å². The number of pyridine rings is 1. The number of Topliss-reactive ketones (excluding diaryl/α,β-unsaturated/α-hetero) is 1. The summed E-state index contributed by atoms with van der Waals surface area (Å²) in [6.45, 7) is 5.28. The van der Waals surface area contributed by atoms with E-state index >= 15 is 0 Å². The van der Waals surface area contributed by atoms with Crippen molar-refractivity contribution in [2.75, 3.05) is 5.75 Å². The molecule has 0 bridgehead atoms. The van der Waals surface area contributed by atoms with Crippen LogP contribution >= 0.6 is 0 Å². The molecule has 1 aromatic heterocycles. The van der Waals surface area contributed by atoms with Crippen LogP contribution in [0.25, 0.3) is 0 Å². The Labute approximate surface area is 183 Å². The van der Waals surface area contributed by atoms with E-state index in [1.54, 1.807) is 32.0 Å². The fourth-order valence-electron chi connectivity index (χ4n) is 3.27. The first-order valence-electron chi connectivity index (χ1n) is 9.53. The maximum atomic E-state index is 13.2. The Balaban J connectivity index is 2.05. The predicted octanol–water partition coefficient (Wildman–Crippen LogP) is 5.47. The first-order chi connectivity index (χ1) is 14.9. The molecule has 0 amide bonds. The lowest BCUT2D eigenvalue weighted by Crippen LogP contribution is -2.18. The van der Waals surface area contributed by atoms with E-state index in [0.717, 1.165) is 11.6 Å². The van der Waals surface area contributed by atoms with Gasteiger partial charge in [0.1, 0.15) is 17.2 Å². The quantitative estimate of drug-likeness (QED) is 0.453. The number of aryl methyl sites for hydroxylation is 3. The van der Waals surface area contributed by atoms with Gasteiger partial charge < -0.3 is 4.74 Å². The molecule has 0 saturated heterocycles. The van der Waals surface area contributed by atoms with Crippen LogP contribution in [0.2, 0.25) is 0 Å². The van der Waals surface area contributed by atoms with Crippen molar-refractivity contribution in [1.82, 2.24) is 4.98 Å². The predicted molar refractivity (Wildman–Crippen MR) is 113 cm³/mol. The number of alkyl halides is 3. The summed E-state index contributed by atoms with van der Waals surface area (Å²) in [5.41, 5.74) is 0.595. The Hall–Kier alpha value is -3.20. The average Bonchev–Trinajstić information content (AvgIpc) is 2.70. The molecule has 0 spiro atoms. The van der Waals surface area contributed by atoms with Crippen LogP contribution < -0.4 is 4.74 Å². The lowest BCUT2D eigenvalue weighted by Gasteiger charge is -2.16. The van der Waals surface area contributed by atoms with Gasteiger partial charge in [-0.2, -0.15) is 13.2 Å². The van der Waals surface area contributed by atoms with E-state index in [1.807, 2.05) is 6.92 Å². The maximum absolute atomic E-state index is 13.2. The Morgan fingerprint density at radius 2 is 1.56 bits per heavy atom. The van der Waals surface area contributed by atoms with Crippen molar-refractivity contribution < 1.29 is 31.1 Å². The van der Waals surface area contributed by atoms with Gasteiger partial charge in [-0.15, -0.1) is 0 Å². The van der Waals surface area contributed by atoms with Crippen molar-refractivity contribution in [3.05, 3.63) is 82.5 Å². The molecule has 0 aliphatic carbocycles. The van der Waals surface area contributed by atoms with E-state index in [4.69, 9.17) is 4.74 Å². The average molecular weight is 463 g/mol. The third kappa shape index (κ3) is 5.16. The molecule has 0 radical (unpaired) electrons. The number of sulfone groups is 1. The second kappa shape index (κ2) is 8.74. The van der Waals surface area contributed by atoms with Gasteiger partial charge in [-0.25, -0.2) is 13.4 Å². The van der Waals surface area contributed by atoms with Crippen LogP contribution in [-0.2, 0) is 16.0 Å². The number of aromatic nitrogens is 1. The smallest absolute Gasteiger partial charge is 0.433 e. The molecule has 0 aliphatic heterocycles. The van der Waals surface area contributed by atoms with Crippen LogP contribution in [0.5, 0.6) is 11.6 Å². The molecular weight excluding hydrogens is 443 g/mol. The van der Waals surface area contributed by atoms with E-state index in [1.165, 1.54) is 24.3 Å². The van der Waals surface area contributed by atoms with Crippen molar-refractivity contribution in [2.24, 2.45) is 0 Å². The van der Waals surface area contributed by atoms with E-state index < -0.39 is 39.1 Å². The number of nitrogens with zero attached hydrogens (tertiary/aromatic N) is 1. The highest BCUT2D eigenvalue weighted by molar-refractivity contribution is 7.92. The van der Waals surface area contributed by atoms with Crippen LogP contribution in [0.15, 0.2) is 59.5 Å². The second-order valence-corrected chi connectivity index (χ2v) is 9.36. The first-order valence-corrected chi connectivity index (χ1v) is 11.2. The fourth-order valence-corrected chi connectivity index (χ4v) is 4.51. The minimum absolute atomic E-state index is 0.0686. The number of benzene rings is 2. The molecule has 1 heterocycles. The molecule has 0 saturated carbocycles. The maximum Gasteiger partial charge on any atom is 0.433 e. The van der Waals surface area contributed by atoms with Crippen LogP contribution in [0.3, 0.4) is 0 Å². The third-order valence-electron chi connectivity index (χ3n) is 4.68. The summed E-state index contributed by atoms with van der Waals surface area (Å²) in [4.78, 5) is 16.3. The van der Waals surface area contributed by atoms with Gasteiger partial charge in [0.25, 0.3) is 0 Å². The summed E-state index contributed by atoms with van der Waals surface area (Å²) in [5.74, 6) is -2.20. The highest BCUT2D eigenvalue weighted by Gasteiger charge is 2.34. The molecule has 168 valence electrons. The van der Waals surface area contributed by atoms with Crippen molar-refractivity contribution in [2.45, 2.75) is 31.8 Å². The topological polar surface area (TPSA) is 73.3 Å². The molecule has 3 rings (SSSR count). The first kappa shape index (κ1) is 23.5. The number of halogens is 3. The third-order valence-corrected chi connectivity index (χ3v) is 6.31. The molecule has 2 aromatic carbocycles. The summed E-state index contributed by atoms with van der Waals surface area (Å²) in [5, 5.41) is 0. The van der Waals surface area contributed by atoms with Gasteiger partial charge in [0, 0.05) is 0 Å². The Morgan fingerprint density at radius 1 is 0.969 bits per heavy atom. The molecule has 3 aromatic rings. The molecule has 0 atom stereocenters. The van der Waals surface area contributed by atoms with E-state index in [9.17, 15) is 26.4 Å². The minimum Gasteiger partial charge on any atom is -0.438 e. The number of carbonyl (C=O) groups is 1. The summed E-state index contributed by atoms with van der Waals surface area (Å²) in [6, 6.07) is 12.4. The zero-order valence-electron chi connectivity index (χ0n) is 17.5. The fraction of sp³-hybridized carbons (Fsp3) is 0.217. The number of ether oxygens (including phenoxy) is 1. The lowest BCUT2D eigenvalue weighted by molar-refractivity contribution is -0.141. The van der Waals surface area contributed by atoms with Gasteiger partial charge in [0.2, 0.25) is 5.88 Å². The van der Waals surface area contributed by atoms with Crippen molar-refractivity contribution in [3.63, 3.8) is 0 Å². The number of ketones is 1. The van der Waals surface area contributed by atoms with Gasteiger partial charge in [0.05, 0.1) is 10.5 Å². The monoisotopic (exact) mass is 463 g/mol. The van der Waals surface area contributed by atoms with Crippen molar-refractivity contribution in [3.8, 4) is 11.6 Å². The zero-order valence-corrected chi connectivity index (χ0v) is 18.3. The highest BCUT2D eigenvalue weighted by Crippen LogP contribution is 2.35. The second-order valence-electron chi connectivity index (χ2n) is 7.37. The van der Waals surface area contributed by atoms with E-state index in [2.05, 4.69) is 4.98 Å². The molecule has 0 aliphatic rings. The molecule has 5 nitrogen and oxygen atoms in total. The highest BCUT2D eigenvalue weighted by atomic mass is 32.2.